The fourth-order valence-electron chi connectivity index (χ4n) is 9.97. The van der Waals surface area contributed by atoms with Crippen LogP contribution in [0.25, 0.3) is 44.7 Å². The molecule has 8 aromatic heterocycles. The smallest absolute Gasteiger partial charge is 0.280 e. The van der Waals surface area contributed by atoms with E-state index in [-0.39, 0.29) is 105 Å². The number of nitrogens with one attached hydrogen (secondary N) is 7. The number of ether oxygens (including phenoxy) is 4. The van der Waals surface area contributed by atoms with Gasteiger partial charge in [0.1, 0.15) is 49.1 Å². The highest BCUT2D eigenvalue weighted by molar-refractivity contribution is 6.74. The summed E-state index contributed by atoms with van der Waals surface area (Å²) in [5, 5.41) is 50.8. The number of nitrogen functional groups attached to an aromatic ring is 4. The number of fused-ring (bicyclic) bond motifs is 4. The highest BCUT2D eigenvalue weighted by atomic mass is 28.4. The number of rotatable bonds is 14. The SMILES string of the molecule is CC(C)(C)[Si](C)(C)OC[C@H]1O[C@@H](n2cnc3c(=O)[nH]c(N)nc32)C[C@@H]1NN.Nc1nc2c(ncn2[C@@H]2O[C@H](C=O)[C@@H](O)[C@H]2O)c(=O)[nH]1.Nc1nc2c(ncn2[C@@H]2O[C@H](CNN[C@H]3C[C@H](n4cnc5c(=O)[nH]c(N)nc54)O[C@@H]3CO)[C@@H](O)[C@H]2O)c(=O)[nH]1. The Hall–Kier alpha value is -8.07. The van der Waals surface area contributed by atoms with E-state index < -0.39 is 92.4 Å². The Morgan fingerprint density at radius 3 is 1.44 bits per heavy atom. The number of hydrogen-bond donors (Lipinski definition) is 17. The second-order valence-electron chi connectivity index (χ2n) is 22.1. The Morgan fingerprint density at radius 2 is 1.02 bits per heavy atom. The van der Waals surface area contributed by atoms with E-state index in [1.807, 2.05) is 0 Å². The van der Waals surface area contributed by atoms with Gasteiger partial charge in [0, 0.05) is 19.4 Å². The average molecular weight is 1220 g/mol. The number of H-pyrrole nitrogens is 4. The number of nitrogens with zero attached hydrogens (tertiary/aromatic N) is 12. The molecule has 0 unspecified atom stereocenters. The molecule has 14 atom stereocenters. The van der Waals surface area contributed by atoms with Crippen molar-refractivity contribution in [2.24, 2.45) is 5.84 Å². The van der Waals surface area contributed by atoms with Gasteiger partial charge in [-0.05, 0) is 18.1 Å². The molecule has 86 heavy (non-hydrogen) atoms. The lowest BCUT2D eigenvalue weighted by Crippen LogP contribution is -2.50. The first-order valence-corrected chi connectivity index (χ1v) is 29.6. The van der Waals surface area contributed by atoms with Crippen LogP contribution in [0.15, 0.2) is 44.5 Å². The van der Waals surface area contributed by atoms with E-state index in [0.29, 0.717) is 31.4 Å². The maximum Gasteiger partial charge on any atom is 0.280 e. The van der Waals surface area contributed by atoms with Gasteiger partial charge in [-0.1, -0.05) is 20.8 Å². The third-order valence-electron chi connectivity index (χ3n) is 15.6. The summed E-state index contributed by atoms with van der Waals surface area (Å²) in [6.07, 6.45) is -4.53. The van der Waals surface area contributed by atoms with Crippen LogP contribution in [-0.2, 0) is 28.2 Å². The van der Waals surface area contributed by atoms with Crippen LogP contribution < -0.4 is 67.3 Å². The van der Waals surface area contributed by atoms with Gasteiger partial charge in [0.05, 0.1) is 62.8 Å². The van der Waals surface area contributed by atoms with Gasteiger partial charge >= 0.3 is 0 Å². The largest absolute Gasteiger partial charge is 0.414 e. The third-order valence-corrected chi connectivity index (χ3v) is 20.1. The summed E-state index contributed by atoms with van der Waals surface area (Å²) in [6, 6.07) is -0.482. The van der Waals surface area contributed by atoms with Crippen LogP contribution in [0, 0.1) is 0 Å². The van der Waals surface area contributed by atoms with Gasteiger partial charge in [-0.15, -0.1) is 0 Å². The number of hydrogen-bond acceptors (Lipinski definition) is 31. The van der Waals surface area contributed by atoms with Crippen molar-refractivity contribution >= 4 is 83.1 Å². The van der Waals surface area contributed by atoms with Gasteiger partial charge in [0.2, 0.25) is 23.8 Å². The second-order valence-corrected chi connectivity index (χ2v) is 27.0. The van der Waals surface area contributed by atoms with E-state index in [2.05, 4.69) is 110 Å². The number of carbonyl (C=O) groups excluding carboxylic acids is 1. The molecule has 8 aromatic rings. The molecule has 0 aromatic carbocycles. The van der Waals surface area contributed by atoms with Crippen molar-refractivity contribution < 1.29 is 53.7 Å². The summed E-state index contributed by atoms with van der Waals surface area (Å²) in [6.45, 7) is 11.2. The maximum absolute atomic E-state index is 12.1. The molecule has 22 N–H and O–H groups in total. The number of hydrazine groups is 2. The zero-order valence-electron chi connectivity index (χ0n) is 46.6. The number of aliphatic hydroxyl groups excluding tert-OH is 5. The van der Waals surface area contributed by atoms with Crippen LogP contribution in [0.5, 0.6) is 0 Å². The van der Waals surface area contributed by atoms with Crippen LogP contribution in [0.3, 0.4) is 0 Å². The molecule has 39 nitrogen and oxygen atoms in total. The Morgan fingerprint density at radius 1 is 0.616 bits per heavy atom. The van der Waals surface area contributed by atoms with Gasteiger partial charge in [-0.25, -0.2) is 19.9 Å². The summed E-state index contributed by atoms with van der Waals surface area (Å²) in [5.41, 5.74) is 30.5. The molecule has 0 saturated carbocycles. The lowest BCUT2D eigenvalue weighted by molar-refractivity contribution is -0.122. The van der Waals surface area contributed by atoms with Crippen molar-refractivity contribution in [3.63, 3.8) is 0 Å². The van der Waals surface area contributed by atoms with Gasteiger partial charge in [0.25, 0.3) is 22.2 Å². The Bertz CT molecular complexity index is 4000. The zero-order valence-corrected chi connectivity index (χ0v) is 47.6. The summed E-state index contributed by atoms with van der Waals surface area (Å²) in [4.78, 5) is 100. The first-order valence-electron chi connectivity index (χ1n) is 26.7. The second kappa shape index (κ2) is 24.0. The van der Waals surface area contributed by atoms with E-state index in [0.717, 1.165) is 0 Å². The van der Waals surface area contributed by atoms with Gasteiger partial charge in [0.15, 0.2) is 71.7 Å². The average Bonchev–Trinajstić information content (AvgIpc) is 2.34. The first-order chi connectivity index (χ1) is 40.8. The lowest BCUT2D eigenvalue weighted by Gasteiger charge is -2.37. The van der Waals surface area contributed by atoms with Crippen molar-refractivity contribution in [1.82, 2.24) is 94.4 Å². The molecular weight excluding hydrogens is 1160 g/mol. The Kier molecular flexibility index (Phi) is 17.0. The van der Waals surface area contributed by atoms with Crippen molar-refractivity contribution in [1.29, 1.82) is 0 Å². The van der Waals surface area contributed by atoms with E-state index in [1.54, 1.807) is 15.5 Å². The minimum Gasteiger partial charge on any atom is -0.414 e. The number of imidazole rings is 4. The molecule has 12 rings (SSSR count). The molecule has 4 aliphatic rings. The van der Waals surface area contributed by atoms with E-state index in [1.165, 1.54) is 28.1 Å². The molecule has 12 heterocycles. The maximum atomic E-state index is 12.1. The molecule has 0 spiro atoms. The predicted octanol–water partition coefficient (Wildman–Crippen LogP) is -5.86. The number of nitrogens with two attached hydrogens (primary N) is 5. The monoisotopic (exact) mass is 1220 g/mol. The molecule has 40 heteroatoms. The molecule has 464 valence electrons. The third kappa shape index (κ3) is 11.7. The number of aldehydes is 1. The van der Waals surface area contributed by atoms with Gasteiger partial charge < -0.3 is 76.6 Å². The molecule has 0 radical (unpaired) electrons. The minimum absolute atomic E-state index is 0.0109. The lowest BCUT2D eigenvalue weighted by atomic mass is 10.1. The highest BCUT2D eigenvalue weighted by Gasteiger charge is 2.47. The molecule has 4 saturated heterocycles. The van der Waals surface area contributed by atoms with Crippen molar-refractivity contribution in [3.05, 3.63) is 66.7 Å². The summed E-state index contributed by atoms with van der Waals surface area (Å²) in [7, 11) is -1.90. The summed E-state index contributed by atoms with van der Waals surface area (Å²) in [5.74, 6) is 5.46. The summed E-state index contributed by atoms with van der Waals surface area (Å²) >= 11 is 0. The molecule has 0 aliphatic carbocycles. The number of carbonyl (C=O) groups is 1. The fourth-order valence-corrected chi connectivity index (χ4v) is 11.0. The normalized spacial score (nSPS) is 27.7. The first kappa shape index (κ1) is 61.0. The zero-order chi connectivity index (χ0) is 61.8. The van der Waals surface area contributed by atoms with Gasteiger partial charge in [-0.2, -0.15) is 19.9 Å². The van der Waals surface area contributed by atoms with Crippen molar-refractivity contribution in [2.75, 3.05) is 42.7 Å². The topological polar surface area (TPSA) is 585 Å². The minimum atomic E-state index is -1.90. The van der Waals surface area contributed by atoms with Crippen LogP contribution in [0.4, 0.5) is 23.8 Å². The van der Waals surface area contributed by atoms with Gasteiger partial charge in [-0.3, -0.25) is 79.5 Å². The van der Waals surface area contributed by atoms with Crippen LogP contribution in [0.1, 0.15) is 58.5 Å². The van der Waals surface area contributed by atoms with Crippen LogP contribution in [-0.4, -0.2) is 199 Å². The molecule has 0 bridgehead atoms. The summed E-state index contributed by atoms with van der Waals surface area (Å²) < 4.78 is 35.4. The van der Waals surface area contributed by atoms with Crippen LogP contribution in [0.2, 0.25) is 18.1 Å². The van der Waals surface area contributed by atoms with Crippen molar-refractivity contribution in [3.8, 4) is 0 Å². The van der Waals surface area contributed by atoms with Crippen molar-refractivity contribution in [2.45, 2.75) is 138 Å². The number of aliphatic hydroxyl groups is 5. The number of anilines is 4. The van der Waals surface area contributed by atoms with E-state index >= 15 is 0 Å². The standard InChI is InChI=1S/C20H26N12O7.C16H29N7O3Si.C10H11N5O5/c21-19-26-14-10(16(36)28-19)23-4-31(14)9-1-6(8(3-33)38-9)30-25-2-7-12(34)13(35)18(39-7)32-5-24-11-15(32)27-20(22)29-17(11)37;1-16(2,3)27(4,5)25-7-10-9(22-18)6-11(26-10)23-8-19-12-13(23)20-15(17)21-14(12)24;11-10-13-7-4(8(19)14-10)12-2-15(7)9-6(18)5(17)3(1-16)20-9/h4-9,12-13,18,25,30,33-35H,1-3H2,(H3,21,26,28,36)(H3,22,27,29,37);8-11,22H,6-7,18H2,1-5H3,(H3,17,20,21,24);1-3,5-6,9,17-18H,(H3,11,13,14,19)/t6-,7+,8+,9+,12+,13+,18+;9-,10+,11+;3-,5-,6-,9-/m001/s1. The van der Waals surface area contributed by atoms with E-state index in [4.69, 9.17) is 52.2 Å². The van der Waals surface area contributed by atoms with E-state index in [9.17, 15) is 49.5 Å². The Labute approximate surface area is 482 Å². The highest BCUT2D eigenvalue weighted by Crippen LogP contribution is 2.39. The molecule has 4 fully saturated rings. The number of aromatic nitrogens is 16. The predicted molar refractivity (Wildman–Crippen MR) is 301 cm³/mol. The molecular formula is C46H66N24O15Si. The van der Waals surface area contributed by atoms with Crippen LogP contribution >= 0.6 is 0 Å². The number of aromatic amines is 4. The molecule has 0 amide bonds. The molecule has 4 aliphatic heterocycles. The quantitative estimate of drug-likeness (QED) is 0.0209. The Balaban J connectivity index is 0.000000152. The fraction of sp³-hybridized carbons (Fsp3) is 0.543.